The first kappa shape index (κ1) is 20.6. The zero-order valence-electron chi connectivity index (χ0n) is 17.1. The molecule has 1 saturated heterocycles. The third-order valence-corrected chi connectivity index (χ3v) is 5.03. The monoisotopic (exact) mass is 416 g/mol. The SMILES string of the molecule is O=C(Nc1cccc(C(=O)N2CCOCC2)c1)c1ccccc1OCc1ccccc1. The standard InChI is InChI=1S/C25H24N2O4/c28-24(22-11-4-5-12-23(22)31-18-19-7-2-1-3-8-19)26-21-10-6-9-20(17-21)25(29)27-13-15-30-16-14-27/h1-12,17H,13-16,18H2,(H,26,28). The molecule has 0 aliphatic carbocycles. The van der Waals surface area contributed by atoms with Gasteiger partial charge in [-0.15, -0.1) is 0 Å². The minimum Gasteiger partial charge on any atom is -0.488 e. The molecule has 0 saturated carbocycles. The highest BCUT2D eigenvalue weighted by atomic mass is 16.5. The van der Waals surface area contributed by atoms with E-state index >= 15 is 0 Å². The molecule has 0 spiro atoms. The van der Waals surface area contributed by atoms with Crippen molar-refractivity contribution in [2.45, 2.75) is 6.61 Å². The first-order chi connectivity index (χ1) is 15.2. The van der Waals surface area contributed by atoms with E-state index in [0.717, 1.165) is 5.56 Å². The lowest BCUT2D eigenvalue weighted by molar-refractivity contribution is 0.0303. The predicted molar refractivity (Wildman–Crippen MR) is 118 cm³/mol. The first-order valence-electron chi connectivity index (χ1n) is 10.2. The summed E-state index contributed by atoms with van der Waals surface area (Å²) in [4.78, 5) is 27.4. The van der Waals surface area contributed by atoms with E-state index in [2.05, 4.69) is 5.32 Å². The van der Waals surface area contributed by atoms with Gasteiger partial charge in [-0.2, -0.15) is 0 Å². The predicted octanol–water partition coefficient (Wildman–Crippen LogP) is 3.99. The number of amides is 2. The summed E-state index contributed by atoms with van der Waals surface area (Å²) in [5.41, 5.74) is 2.55. The van der Waals surface area contributed by atoms with Crippen LogP contribution in [0.15, 0.2) is 78.9 Å². The van der Waals surface area contributed by atoms with Crippen LogP contribution in [0.4, 0.5) is 5.69 Å². The number of carbonyl (C=O) groups is 2. The summed E-state index contributed by atoms with van der Waals surface area (Å²) in [5.74, 6) is 0.148. The second-order valence-corrected chi connectivity index (χ2v) is 7.21. The average molecular weight is 416 g/mol. The Hall–Kier alpha value is -3.64. The highest BCUT2D eigenvalue weighted by Gasteiger charge is 2.19. The van der Waals surface area contributed by atoms with Crippen LogP contribution in [0.2, 0.25) is 0 Å². The molecule has 4 rings (SSSR count). The summed E-state index contributed by atoms with van der Waals surface area (Å²) in [6, 6.07) is 23.9. The van der Waals surface area contributed by atoms with Crippen LogP contribution in [0, 0.1) is 0 Å². The minimum absolute atomic E-state index is 0.0639. The van der Waals surface area contributed by atoms with Gasteiger partial charge in [0.15, 0.2) is 0 Å². The van der Waals surface area contributed by atoms with Crippen LogP contribution in [0.1, 0.15) is 26.3 Å². The van der Waals surface area contributed by atoms with Crippen molar-refractivity contribution in [2.24, 2.45) is 0 Å². The normalized spacial score (nSPS) is 13.5. The lowest BCUT2D eigenvalue weighted by Gasteiger charge is -2.27. The van der Waals surface area contributed by atoms with Crippen LogP contribution in [0.5, 0.6) is 5.75 Å². The van der Waals surface area contributed by atoms with Gasteiger partial charge in [0.05, 0.1) is 18.8 Å². The summed E-state index contributed by atoms with van der Waals surface area (Å²) in [6.07, 6.45) is 0. The number of ether oxygens (including phenoxy) is 2. The number of hydrogen-bond donors (Lipinski definition) is 1. The van der Waals surface area contributed by atoms with E-state index in [1.165, 1.54) is 0 Å². The zero-order valence-corrected chi connectivity index (χ0v) is 17.1. The van der Waals surface area contributed by atoms with E-state index in [1.54, 1.807) is 47.4 Å². The molecule has 1 aliphatic rings. The summed E-state index contributed by atoms with van der Waals surface area (Å²) in [6.45, 7) is 2.60. The summed E-state index contributed by atoms with van der Waals surface area (Å²) < 4.78 is 11.2. The zero-order chi connectivity index (χ0) is 21.5. The van der Waals surface area contributed by atoms with E-state index < -0.39 is 0 Å². The molecule has 0 aromatic heterocycles. The molecule has 6 heteroatoms. The summed E-state index contributed by atoms with van der Waals surface area (Å²) >= 11 is 0. The third-order valence-electron chi connectivity index (χ3n) is 5.03. The Morgan fingerprint density at radius 2 is 1.65 bits per heavy atom. The molecule has 0 radical (unpaired) electrons. The fourth-order valence-electron chi connectivity index (χ4n) is 3.39. The maximum Gasteiger partial charge on any atom is 0.259 e. The van der Waals surface area contributed by atoms with Gasteiger partial charge in [-0.25, -0.2) is 0 Å². The van der Waals surface area contributed by atoms with Crippen LogP contribution in [-0.4, -0.2) is 43.0 Å². The van der Waals surface area contributed by atoms with Gasteiger partial charge in [-0.1, -0.05) is 48.5 Å². The van der Waals surface area contributed by atoms with Crippen LogP contribution in [0.3, 0.4) is 0 Å². The van der Waals surface area contributed by atoms with Crippen LogP contribution in [-0.2, 0) is 11.3 Å². The van der Waals surface area contributed by atoms with Crippen molar-refractivity contribution in [3.8, 4) is 5.75 Å². The van der Waals surface area contributed by atoms with Crippen molar-refractivity contribution in [3.63, 3.8) is 0 Å². The molecular formula is C25H24N2O4. The van der Waals surface area contributed by atoms with Gasteiger partial charge in [0.25, 0.3) is 11.8 Å². The Labute approximate surface area is 181 Å². The number of nitrogens with one attached hydrogen (secondary N) is 1. The highest BCUT2D eigenvalue weighted by Crippen LogP contribution is 2.22. The molecular weight excluding hydrogens is 392 g/mol. The molecule has 0 unspecified atom stereocenters. The second kappa shape index (κ2) is 9.91. The number of benzene rings is 3. The second-order valence-electron chi connectivity index (χ2n) is 7.21. The van der Waals surface area contributed by atoms with Gasteiger partial charge in [0.1, 0.15) is 12.4 Å². The molecule has 3 aromatic rings. The van der Waals surface area contributed by atoms with Crippen molar-refractivity contribution in [1.82, 2.24) is 4.90 Å². The van der Waals surface area contributed by atoms with E-state index in [4.69, 9.17) is 9.47 Å². The van der Waals surface area contributed by atoms with Gasteiger partial charge in [0.2, 0.25) is 0 Å². The summed E-state index contributed by atoms with van der Waals surface area (Å²) in [7, 11) is 0. The van der Waals surface area contributed by atoms with Gasteiger partial charge < -0.3 is 19.7 Å². The molecule has 1 aliphatic heterocycles. The lowest BCUT2D eigenvalue weighted by Crippen LogP contribution is -2.40. The summed E-state index contributed by atoms with van der Waals surface area (Å²) in [5, 5.41) is 2.88. The highest BCUT2D eigenvalue weighted by molar-refractivity contribution is 6.06. The average Bonchev–Trinajstić information content (AvgIpc) is 2.84. The maximum absolute atomic E-state index is 12.9. The van der Waals surface area contributed by atoms with E-state index in [1.807, 2.05) is 36.4 Å². The number of morpholine rings is 1. The van der Waals surface area contributed by atoms with Crippen molar-refractivity contribution < 1.29 is 19.1 Å². The smallest absolute Gasteiger partial charge is 0.259 e. The van der Waals surface area contributed by atoms with Crippen LogP contribution >= 0.6 is 0 Å². The van der Waals surface area contributed by atoms with E-state index in [9.17, 15) is 9.59 Å². The fourth-order valence-corrected chi connectivity index (χ4v) is 3.39. The molecule has 1 heterocycles. The molecule has 0 atom stereocenters. The molecule has 158 valence electrons. The maximum atomic E-state index is 12.9. The molecule has 3 aromatic carbocycles. The van der Waals surface area contributed by atoms with Crippen molar-refractivity contribution in [2.75, 3.05) is 31.6 Å². The number of rotatable bonds is 6. The molecule has 6 nitrogen and oxygen atoms in total. The van der Waals surface area contributed by atoms with E-state index in [0.29, 0.717) is 55.5 Å². The Morgan fingerprint density at radius 3 is 2.45 bits per heavy atom. The largest absolute Gasteiger partial charge is 0.488 e. The molecule has 1 N–H and O–H groups in total. The first-order valence-corrected chi connectivity index (χ1v) is 10.2. The minimum atomic E-state index is -0.292. The van der Waals surface area contributed by atoms with Gasteiger partial charge >= 0.3 is 0 Å². The van der Waals surface area contributed by atoms with Gasteiger partial charge in [0, 0.05) is 24.3 Å². The molecule has 0 bridgehead atoms. The fraction of sp³-hybridized carbons (Fsp3) is 0.200. The van der Waals surface area contributed by atoms with E-state index in [-0.39, 0.29) is 11.8 Å². The Balaban J connectivity index is 1.45. The number of nitrogens with zero attached hydrogens (tertiary/aromatic N) is 1. The Bertz CT molecular complexity index is 1050. The van der Waals surface area contributed by atoms with Crippen molar-refractivity contribution in [1.29, 1.82) is 0 Å². The van der Waals surface area contributed by atoms with Crippen LogP contribution in [0.25, 0.3) is 0 Å². The number of hydrogen-bond acceptors (Lipinski definition) is 4. The van der Waals surface area contributed by atoms with Crippen molar-refractivity contribution in [3.05, 3.63) is 95.6 Å². The Morgan fingerprint density at radius 1 is 0.903 bits per heavy atom. The third kappa shape index (κ3) is 5.29. The lowest BCUT2D eigenvalue weighted by atomic mass is 10.1. The number of para-hydroxylation sites is 1. The molecule has 1 fully saturated rings. The van der Waals surface area contributed by atoms with Crippen molar-refractivity contribution >= 4 is 17.5 Å². The van der Waals surface area contributed by atoms with Gasteiger partial charge in [-0.3, -0.25) is 9.59 Å². The quantitative estimate of drug-likeness (QED) is 0.660. The molecule has 31 heavy (non-hydrogen) atoms. The Kier molecular flexibility index (Phi) is 6.59. The molecule has 2 amide bonds. The van der Waals surface area contributed by atoms with Crippen LogP contribution < -0.4 is 10.1 Å². The van der Waals surface area contributed by atoms with Gasteiger partial charge in [-0.05, 0) is 35.9 Å². The number of carbonyl (C=O) groups excluding carboxylic acids is 2. The number of anilines is 1. The topological polar surface area (TPSA) is 67.9 Å².